The van der Waals surface area contributed by atoms with E-state index in [0.29, 0.717) is 29.9 Å². The first-order chi connectivity index (χ1) is 16.0. The van der Waals surface area contributed by atoms with Gasteiger partial charge in [0.25, 0.3) is 0 Å². The number of hydrogen-bond acceptors (Lipinski definition) is 3. The molecule has 1 spiro atoms. The molecule has 2 aromatic carbocycles. The zero-order valence-electron chi connectivity index (χ0n) is 18.2. The second-order valence-corrected chi connectivity index (χ2v) is 8.74. The van der Waals surface area contributed by atoms with Gasteiger partial charge in [0.2, 0.25) is 0 Å². The maximum Gasteiger partial charge on any atom is 0.321 e. The van der Waals surface area contributed by atoms with Gasteiger partial charge in [-0.2, -0.15) is 5.10 Å². The molecule has 8 heteroatoms. The van der Waals surface area contributed by atoms with Gasteiger partial charge in [-0.3, -0.25) is 4.68 Å². The summed E-state index contributed by atoms with van der Waals surface area (Å²) in [6.07, 6.45) is 8.79. The minimum Gasteiger partial charge on any atom is -0.324 e. The fourth-order valence-electron chi connectivity index (χ4n) is 5.26. The number of nitrogens with zero attached hydrogens (tertiary/aromatic N) is 5. The van der Waals surface area contributed by atoms with E-state index in [1.54, 1.807) is 41.2 Å². The number of aromatic nitrogens is 4. The number of benzene rings is 2. The predicted molar refractivity (Wildman–Crippen MR) is 123 cm³/mol. The zero-order chi connectivity index (χ0) is 22.6. The van der Waals surface area contributed by atoms with Gasteiger partial charge in [0.15, 0.2) is 0 Å². The maximum atomic E-state index is 14.7. The fraction of sp³-hybridized carbons (Fsp3) is 0.240. The summed E-state index contributed by atoms with van der Waals surface area (Å²) in [6, 6.07) is 13.0. The molecular formula is C25H23FN6O. The number of carbonyl (C=O) groups excluding carboxylic acids is 1. The van der Waals surface area contributed by atoms with Crippen LogP contribution in [0.25, 0.3) is 22.4 Å². The molecule has 33 heavy (non-hydrogen) atoms. The molecule has 4 aromatic rings. The molecule has 1 fully saturated rings. The molecule has 2 aromatic heterocycles. The summed E-state index contributed by atoms with van der Waals surface area (Å²) < 4.78 is 18.6. The van der Waals surface area contributed by atoms with Crippen LogP contribution >= 0.6 is 0 Å². The van der Waals surface area contributed by atoms with Gasteiger partial charge in [-0.15, -0.1) is 0 Å². The van der Waals surface area contributed by atoms with Crippen molar-refractivity contribution < 1.29 is 9.18 Å². The van der Waals surface area contributed by atoms with E-state index in [-0.39, 0.29) is 11.6 Å². The van der Waals surface area contributed by atoms with Crippen LogP contribution in [0.15, 0.2) is 67.4 Å². The highest BCUT2D eigenvalue weighted by Crippen LogP contribution is 2.48. The normalized spacial score (nSPS) is 16.0. The Kier molecular flexibility index (Phi) is 4.36. The van der Waals surface area contributed by atoms with E-state index in [4.69, 9.17) is 0 Å². The van der Waals surface area contributed by atoms with Gasteiger partial charge in [0.1, 0.15) is 5.82 Å². The van der Waals surface area contributed by atoms with E-state index in [1.165, 1.54) is 17.2 Å². The molecule has 2 aliphatic heterocycles. The Balaban J connectivity index is 1.18. The van der Waals surface area contributed by atoms with Crippen LogP contribution in [-0.4, -0.2) is 43.4 Å². The van der Waals surface area contributed by atoms with E-state index in [9.17, 15) is 9.18 Å². The molecule has 0 atom stereocenters. The number of rotatable bonds is 2. The minimum atomic E-state index is -0.395. The average Bonchev–Trinajstić information content (AvgIpc) is 3.53. The number of urea groups is 1. The second kappa shape index (κ2) is 7.30. The van der Waals surface area contributed by atoms with Crippen LogP contribution < -0.4 is 5.32 Å². The summed E-state index contributed by atoms with van der Waals surface area (Å²) in [5.41, 5.74) is 5.08. The van der Waals surface area contributed by atoms with Crippen LogP contribution in [0.3, 0.4) is 0 Å². The SMILES string of the molecule is Cn1cc(-c2ccc(NC(=O)N3CCC4(CC3)c3ccccc3-c3cncn34)cc2F)cn1. The fourth-order valence-corrected chi connectivity index (χ4v) is 5.26. The number of imidazole rings is 1. The number of halogens is 1. The molecule has 0 unspecified atom stereocenters. The summed E-state index contributed by atoms with van der Waals surface area (Å²) in [6.45, 7) is 1.21. The first kappa shape index (κ1) is 19.7. The van der Waals surface area contributed by atoms with Crippen molar-refractivity contribution in [2.24, 2.45) is 7.05 Å². The molecule has 0 bridgehead atoms. The van der Waals surface area contributed by atoms with Crippen LogP contribution in [0.2, 0.25) is 0 Å². The number of piperidine rings is 1. The number of hydrogen-bond donors (Lipinski definition) is 1. The molecule has 6 rings (SSSR count). The number of likely N-dealkylation sites (tertiary alicyclic amines) is 1. The first-order valence-electron chi connectivity index (χ1n) is 11.0. The Morgan fingerprint density at radius 1 is 1.09 bits per heavy atom. The third kappa shape index (κ3) is 3.05. The van der Waals surface area contributed by atoms with Gasteiger partial charge >= 0.3 is 6.03 Å². The predicted octanol–water partition coefficient (Wildman–Crippen LogP) is 4.47. The molecular weight excluding hydrogens is 419 g/mol. The Bertz CT molecular complexity index is 1360. The van der Waals surface area contributed by atoms with E-state index in [2.05, 4.69) is 44.2 Å². The van der Waals surface area contributed by atoms with Crippen LogP contribution in [-0.2, 0) is 12.6 Å². The summed E-state index contributed by atoms with van der Waals surface area (Å²) in [4.78, 5) is 19.1. The van der Waals surface area contributed by atoms with Crippen molar-refractivity contribution in [2.45, 2.75) is 18.4 Å². The minimum absolute atomic E-state index is 0.170. The number of carbonyl (C=O) groups is 1. The van der Waals surface area contributed by atoms with Crippen molar-refractivity contribution in [3.63, 3.8) is 0 Å². The van der Waals surface area contributed by atoms with Gasteiger partial charge < -0.3 is 14.8 Å². The lowest BCUT2D eigenvalue weighted by molar-refractivity contribution is 0.157. The molecule has 166 valence electrons. The molecule has 1 N–H and O–H groups in total. The zero-order valence-corrected chi connectivity index (χ0v) is 18.2. The Labute approximate surface area is 190 Å². The van der Waals surface area contributed by atoms with Crippen LogP contribution in [0, 0.1) is 5.82 Å². The van der Waals surface area contributed by atoms with Gasteiger partial charge in [-0.05, 0) is 36.6 Å². The van der Waals surface area contributed by atoms with Crippen molar-refractivity contribution in [1.29, 1.82) is 0 Å². The number of amides is 2. The molecule has 2 aliphatic rings. The molecule has 1 saturated heterocycles. The van der Waals surface area contributed by atoms with E-state index >= 15 is 0 Å². The Morgan fingerprint density at radius 2 is 1.91 bits per heavy atom. The molecule has 2 amide bonds. The number of nitrogens with one attached hydrogen (secondary N) is 1. The lowest BCUT2D eigenvalue weighted by Crippen LogP contribution is -2.48. The number of aryl methyl sites for hydroxylation is 1. The van der Waals surface area contributed by atoms with Gasteiger partial charge in [-0.1, -0.05) is 24.3 Å². The Hall–Kier alpha value is -3.94. The van der Waals surface area contributed by atoms with Crippen LogP contribution in [0.4, 0.5) is 14.9 Å². The van der Waals surface area contributed by atoms with Crippen molar-refractivity contribution >= 4 is 11.7 Å². The first-order valence-corrected chi connectivity index (χ1v) is 11.0. The highest BCUT2D eigenvalue weighted by molar-refractivity contribution is 5.90. The van der Waals surface area contributed by atoms with Gasteiger partial charge in [0.05, 0.1) is 30.0 Å². The van der Waals surface area contributed by atoms with Gasteiger partial charge in [-0.25, -0.2) is 14.2 Å². The highest BCUT2D eigenvalue weighted by Gasteiger charge is 2.45. The van der Waals surface area contributed by atoms with Crippen LogP contribution in [0.5, 0.6) is 0 Å². The number of fused-ring (bicyclic) bond motifs is 5. The van der Waals surface area contributed by atoms with E-state index in [1.807, 2.05) is 12.5 Å². The third-order valence-electron chi connectivity index (χ3n) is 6.92. The van der Waals surface area contributed by atoms with Gasteiger partial charge in [0, 0.05) is 48.7 Å². The lowest BCUT2D eigenvalue weighted by Gasteiger charge is -2.41. The summed E-state index contributed by atoms with van der Waals surface area (Å²) in [7, 11) is 1.79. The largest absolute Gasteiger partial charge is 0.324 e. The van der Waals surface area contributed by atoms with E-state index in [0.717, 1.165) is 18.5 Å². The monoisotopic (exact) mass is 442 g/mol. The second-order valence-electron chi connectivity index (χ2n) is 8.74. The van der Waals surface area contributed by atoms with Crippen molar-refractivity contribution in [3.05, 3.63) is 78.8 Å². The quantitative estimate of drug-likeness (QED) is 0.498. The topological polar surface area (TPSA) is 68.0 Å². The smallest absolute Gasteiger partial charge is 0.321 e. The summed E-state index contributed by atoms with van der Waals surface area (Å²) in [5, 5.41) is 6.94. The highest BCUT2D eigenvalue weighted by atomic mass is 19.1. The molecule has 0 saturated carbocycles. The van der Waals surface area contributed by atoms with Crippen molar-refractivity contribution in [2.75, 3.05) is 18.4 Å². The Morgan fingerprint density at radius 3 is 2.67 bits per heavy atom. The lowest BCUT2D eigenvalue weighted by atomic mass is 9.81. The molecule has 0 radical (unpaired) electrons. The van der Waals surface area contributed by atoms with Crippen molar-refractivity contribution in [1.82, 2.24) is 24.2 Å². The number of anilines is 1. The third-order valence-corrected chi connectivity index (χ3v) is 6.92. The standard InChI is InChI=1S/C25H23FN6O/c1-30-15-17(13-28-30)19-7-6-18(12-22(19)26)29-24(33)31-10-8-25(9-11-31)21-5-3-2-4-20(21)23-14-27-16-32(23)25/h2-7,12-16H,8-11H2,1H3,(H,29,33). The molecule has 0 aliphatic carbocycles. The van der Waals surface area contributed by atoms with Crippen molar-refractivity contribution in [3.8, 4) is 22.4 Å². The van der Waals surface area contributed by atoms with Crippen LogP contribution in [0.1, 0.15) is 18.4 Å². The summed E-state index contributed by atoms with van der Waals surface area (Å²) in [5.74, 6) is -0.395. The maximum absolute atomic E-state index is 14.7. The molecule has 4 heterocycles. The average molecular weight is 442 g/mol. The molecule has 7 nitrogen and oxygen atoms in total. The summed E-state index contributed by atoms with van der Waals surface area (Å²) >= 11 is 0. The van der Waals surface area contributed by atoms with E-state index < -0.39 is 5.82 Å².